The predicted molar refractivity (Wildman–Crippen MR) is 88.9 cm³/mol. The van der Waals surface area contributed by atoms with Crippen LogP contribution in [-0.4, -0.2) is 54.4 Å². The Morgan fingerprint density at radius 3 is 3.04 bits per heavy atom. The van der Waals surface area contributed by atoms with Gasteiger partial charge in [0.05, 0.1) is 19.7 Å². The second-order valence-corrected chi connectivity index (χ2v) is 6.63. The minimum absolute atomic E-state index is 0.0744. The Labute approximate surface area is 146 Å². The van der Waals surface area contributed by atoms with Gasteiger partial charge in [-0.2, -0.15) is 0 Å². The number of fused-ring (bicyclic) bond motifs is 1. The number of carbonyl (C=O) groups excluding carboxylic acids is 2. The van der Waals surface area contributed by atoms with Gasteiger partial charge in [0.15, 0.2) is 0 Å². The van der Waals surface area contributed by atoms with Gasteiger partial charge in [0.25, 0.3) is 12.3 Å². The fraction of sp³-hybridized carbons (Fsp3) is 0.438. The Morgan fingerprint density at radius 1 is 1.52 bits per heavy atom. The minimum atomic E-state index is -2.63. The van der Waals surface area contributed by atoms with Crippen molar-refractivity contribution in [2.24, 2.45) is 0 Å². The number of hydrogen-bond donors (Lipinski definition) is 1. The molecule has 1 aliphatic rings. The number of nitrogens with zero attached hydrogens (tertiary/aromatic N) is 2. The van der Waals surface area contributed by atoms with Crippen LogP contribution in [0.15, 0.2) is 18.3 Å². The summed E-state index contributed by atoms with van der Waals surface area (Å²) in [6, 6.07) is 3.55. The molecule has 2 aromatic heterocycles. The third-order valence-corrected chi connectivity index (χ3v) is 5.09. The Bertz CT molecular complexity index is 796. The van der Waals surface area contributed by atoms with Crippen LogP contribution in [0.5, 0.6) is 0 Å². The molecule has 0 aromatic carbocycles. The van der Waals surface area contributed by atoms with Crippen molar-refractivity contribution in [1.82, 2.24) is 15.2 Å². The highest BCUT2D eigenvalue weighted by Gasteiger charge is 2.31. The summed E-state index contributed by atoms with van der Waals surface area (Å²) in [5, 5.41) is 2.97. The standard InChI is InChI=1S/C16H17F2N3O3S/c1-9(22)21-5-6-24-11(8-21)13-10-3-2-4-19-16(10)25-14(13)15(23)20-7-12(17)18/h2-4,11-12H,5-8H2,1H3,(H,20,23)/t11-/m0/s1. The van der Waals surface area contributed by atoms with Crippen LogP contribution >= 0.6 is 11.3 Å². The molecule has 0 aliphatic carbocycles. The van der Waals surface area contributed by atoms with Crippen molar-refractivity contribution in [2.75, 3.05) is 26.2 Å². The third-order valence-electron chi connectivity index (χ3n) is 3.96. The number of amides is 2. The fourth-order valence-electron chi connectivity index (χ4n) is 2.80. The number of aromatic nitrogens is 1. The van der Waals surface area contributed by atoms with Gasteiger partial charge in [-0.25, -0.2) is 13.8 Å². The summed E-state index contributed by atoms with van der Waals surface area (Å²) in [4.78, 5) is 30.9. The average molecular weight is 369 g/mol. The zero-order valence-corrected chi connectivity index (χ0v) is 14.3. The summed E-state index contributed by atoms with van der Waals surface area (Å²) in [7, 11) is 0. The number of alkyl halides is 2. The summed E-state index contributed by atoms with van der Waals surface area (Å²) < 4.78 is 30.6. The highest BCUT2D eigenvalue weighted by atomic mass is 32.1. The van der Waals surface area contributed by atoms with Gasteiger partial charge in [-0.15, -0.1) is 11.3 Å². The van der Waals surface area contributed by atoms with E-state index in [1.807, 2.05) is 6.07 Å². The number of thiophene rings is 1. The van der Waals surface area contributed by atoms with Crippen molar-refractivity contribution in [3.8, 4) is 0 Å². The largest absolute Gasteiger partial charge is 0.370 e. The first-order chi connectivity index (χ1) is 12.0. The number of pyridine rings is 1. The van der Waals surface area contributed by atoms with Crippen LogP contribution in [0, 0.1) is 0 Å². The van der Waals surface area contributed by atoms with E-state index >= 15 is 0 Å². The van der Waals surface area contributed by atoms with Crippen molar-refractivity contribution >= 4 is 33.4 Å². The molecule has 2 amide bonds. The first kappa shape index (κ1) is 17.7. The molecule has 1 N–H and O–H groups in total. The molecule has 3 heterocycles. The fourth-order valence-corrected chi connectivity index (χ4v) is 3.91. The molecule has 0 bridgehead atoms. The monoisotopic (exact) mass is 369 g/mol. The zero-order chi connectivity index (χ0) is 18.0. The molecule has 0 spiro atoms. The molecule has 0 radical (unpaired) electrons. The maximum Gasteiger partial charge on any atom is 0.262 e. The van der Waals surface area contributed by atoms with Crippen LogP contribution in [0.1, 0.15) is 28.3 Å². The predicted octanol–water partition coefficient (Wildman–Crippen LogP) is 2.21. The van der Waals surface area contributed by atoms with Crippen molar-refractivity contribution in [1.29, 1.82) is 0 Å². The van der Waals surface area contributed by atoms with E-state index in [9.17, 15) is 18.4 Å². The topological polar surface area (TPSA) is 71.5 Å². The molecule has 0 unspecified atom stereocenters. The summed E-state index contributed by atoms with van der Waals surface area (Å²) in [5.74, 6) is -0.656. The SMILES string of the molecule is CC(=O)N1CCO[C@H](c2c(C(=O)NCC(F)F)sc3ncccc23)C1. The van der Waals surface area contributed by atoms with Gasteiger partial charge in [0.1, 0.15) is 15.8 Å². The van der Waals surface area contributed by atoms with Crippen molar-refractivity contribution in [3.05, 3.63) is 28.8 Å². The summed E-state index contributed by atoms with van der Waals surface area (Å²) in [5.41, 5.74) is 0.603. The maximum atomic E-state index is 12.4. The lowest BCUT2D eigenvalue weighted by atomic mass is 10.0. The molecule has 6 nitrogen and oxygen atoms in total. The number of morpholine rings is 1. The first-order valence-electron chi connectivity index (χ1n) is 7.78. The van der Waals surface area contributed by atoms with Gasteiger partial charge in [-0.05, 0) is 6.07 Å². The number of hydrogen-bond acceptors (Lipinski definition) is 5. The Balaban J connectivity index is 1.98. The van der Waals surface area contributed by atoms with Gasteiger partial charge in [-0.1, -0.05) is 6.07 Å². The maximum absolute atomic E-state index is 12.4. The van der Waals surface area contributed by atoms with E-state index < -0.39 is 25.0 Å². The van der Waals surface area contributed by atoms with Gasteiger partial charge in [0, 0.05) is 30.6 Å². The van der Waals surface area contributed by atoms with E-state index in [1.165, 1.54) is 6.92 Å². The van der Waals surface area contributed by atoms with Gasteiger partial charge in [0.2, 0.25) is 5.91 Å². The number of halogens is 2. The summed E-state index contributed by atoms with van der Waals surface area (Å²) >= 11 is 1.14. The van der Waals surface area contributed by atoms with Crippen LogP contribution < -0.4 is 5.32 Å². The van der Waals surface area contributed by atoms with Crippen molar-refractivity contribution < 1.29 is 23.1 Å². The Kier molecular flexibility index (Phi) is 5.24. The van der Waals surface area contributed by atoms with Crippen molar-refractivity contribution in [2.45, 2.75) is 19.5 Å². The summed E-state index contributed by atoms with van der Waals surface area (Å²) in [6.45, 7) is 1.90. The molecule has 0 saturated carbocycles. The zero-order valence-electron chi connectivity index (χ0n) is 13.5. The lowest BCUT2D eigenvalue weighted by Gasteiger charge is -2.32. The van der Waals surface area contributed by atoms with E-state index in [4.69, 9.17) is 4.74 Å². The van der Waals surface area contributed by atoms with E-state index in [2.05, 4.69) is 10.3 Å². The number of nitrogens with one attached hydrogen (secondary N) is 1. The number of rotatable bonds is 4. The molecule has 3 rings (SSSR count). The second kappa shape index (κ2) is 7.40. The molecule has 1 aliphatic heterocycles. The molecular formula is C16H17F2N3O3S. The smallest absolute Gasteiger partial charge is 0.262 e. The molecule has 1 atom stereocenters. The van der Waals surface area contributed by atoms with Crippen LogP contribution in [0.25, 0.3) is 10.2 Å². The van der Waals surface area contributed by atoms with Crippen molar-refractivity contribution in [3.63, 3.8) is 0 Å². The second-order valence-electron chi connectivity index (χ2n) is 5.63. The lowest BCUT2D eigenvalue weighted by molar-refractivity contribution is -0.136. The summed E-state index contributed by atoms with van der Waals surface area (Å²) in [6.07, 6.45) is -1.52. The Hall–Kier alpha value is -2.13. The van der Waals surface area contributed by atoms with E-state index in [-0.39, 0.29) is 5.91 Å². The third kappa shape index (κ3) is 3.77. The molecular weight excluding hydrogens is 352 g/mol. The minimum Gasteiger partial charge on any atom is -0.370 e. The quantitative estimate of drug-likeness (QED) is 0.897. The number of ether oxygens (including phenoxy) is 1. The molecule has 2 aromatic rings. The average Bonchev–Trinajstić information content (AvgIpc) is 2.99. The van der Waals surface area contributed by atoms with E-state index in [0.717, 1.165) is 16.7 Å². The Morgan fingerprint density at radius 2 is 2.32 bits per heavy atom. The van der Waals surface area contributed by atoms with Crippen LogP contribution in [0.2, 0.25) is 0 Å². The van der Waals surface area contributed by atoms with Gasteiger partial charge < -0.3 is 15.0 Å². The first-order valence-corrected chi connectivity index (χ1v) is 8.60. The molecule has 134 valence electrons. The van der Waals surface area contributed by atoms with E-state index in [0.29, 0.717) is 35.0 Å². The van der Waals surface area contributed by atoms with Crippen LogP contribution in [0.3, 0.4) is 0 Å². The van der Waals surface area contributed by atoms with Crippen LogP contribution in [-0.2, 0) is 9.53 Å². The molecule has 25 heavy (non-hydrogen) atoms. The van der Waals surface area contributed by atoms with Gasteiger partial charge in [-0.3, -0.25) is 9.59 Å². The molecule has 1 fully saturated rings. The molecule has 9 heteroatoms. The lowest BCUT2D eigenvalue weighted by Crippen LogP contribution is -2.41. The number of carbonyl (C=O) groups is 2. The highest BCUT2D eigenvalue weighted by Crippen LogP contribution is 2.37. The highest BCUT2D eigenvalue weighted by molar-refractivity contribution is 7.20. The van der Waals surface area contributed by atoms with Gasteiger partial charge >= 0.3 is 0 Å². The van der Waals surface area contributed by atoms with E-state index in [1.54, 1.807) is 17.2 Å². The normalized spacial score (nSPS) is 17.9. The van der Waals surface area contributed by atoms with Crippen LogP contribution in [0.4, 0.5) is 8.78 Å². The molecule has 1 saturated heterocycles.